The third-order valence-corrected chi connectivity index (χ3v) is 12.3. The normalized spacial score (nSPS) is 25.9. The van der Waals surface area contributed by atoms with E-state index in [1.165, 1.54) is 7.11 Å². The predicted molar refractivity (Wildman–Crippen MR) is 249 cm³/mol. The minimum Gasteiger partial charge on any atom is -0.465 e. The Morgan fingerprint density at radius 1 is 0.563 bits per heavy atom. The van der Waals surface area contributed by atoms with Gasteiger partial charge in [0.2, 0.25) is 18.3 Å². The molecule has 0 spiro atoms. The number of cyclic esters (lactones) is 5. The van der Waals surface area contributed by atoms with Crippen molar-refractivity contribution in [1.29, 1.82) is 0 Å². The number of methoxy groups -OCH3 is 1. The zero-order valence-corrected chi connectivity index (χ0v) is 44.2. The van der Waals surface area contributed by atoms with E-state index in [-0.39, 0.29) is 104 Å². The molecular weight excluding hydrogens is 937 g/mol. The monoisotopic (exact) mass is 1020 g/mol. The van der Waals surface area contributed by atoms with Crippen molar-refractivity contribution in [3.05, 3.63) is 0 Å². The fourth-order valence-electron chi connectivity index (χ4n) is 5.99. The first-order valence-electron chi connectivity index (χ1n) is 24.6. The van der Waals surface area contributed by atoms with Gasteiger partial charge in [0.25, 0.3) is 0 Å². The summed E-state index contributed by atoms with van der Waals surface area (Å²) in [6.07, 6.45) is 1.87. The van der Waals surface area contributed by atoms with E-state index < -0.39 is 53.3 Å². The molecule has 5 saturated heterocycles. The Labute approximate surface area is 417 Å². The molecule has 5 heterocycles. The lowest BCUT2D eigenvalue weighted by atomic mass is 9.89. The molecule has 5 rings (SSSR count). The maximum atomic E-state index is 11.6. The van der Waals surface area contributed by atoms with Crippen molar-refractivity contribution in [2.45, 2.75) is 184 Å². The fourth-order valence-corrected chi connectivity index (χ4v) is 5.99. The molecule has 5 fully saturated rings. The summed E-state index contributed by atoms with van der Waals surface area (Å²) in [6.45, 7) is 25.4. The van der Waals surface area contributed by atoms with Crippen LogP contribution in [0.15, 0.2) is 0 Å². The van der Waals surface area contributed by atoms with Gasteiger partial charge < -0.3 is 52.1 Å². The molecule has 21 heteroatoms. The average molecular weight is 1020 g/mol. The first kappa shape index (κ1) is 63.7. The van der Waals surface area contributed by atoms with E-state index in [9.17, 15) is 47.9 Å². The Balaban J connectivity index is 0.000000444. The largest absolute Gasteiger partial charge is 0.465 e. The smallest absolute Gasteiger partial charge is 0.350 e. The van der Waals surface area contributed by atoms with Gasteiger partial charge in [0.05, 0.1) is 55.6 Å². The molecule has 0 bridgehead atoms. The number of hydrogen-bond donors (Lipinski definition) is 0. The number of carbonyl (C=O) groups is 10. The third kappa shape index (κ3) is 21.9. The molecule has 406 valence electrons. The van der Waals surface area contributed by atoms with Gasteiger partial charge in [0, 0.05) is 25.4 Å². The molecule has 0 aliphatic carbocycles. The van der Waals surface area contributed by atoms with E-state index in [2.05, 4.69) is 9.47 Å². The summed E-state index contributed by atoms with van der Waals surface area (Å²) in [5, 5.41) is 0. The van der Waals surface area contributed by atoms with Gasteiger partial charge in [-0.05, 0) is 39.0 Å². The second-order valence-corrected chi connectivity index (χ2v) is 19.1. The van der Waals surface area contributed by atoms with Crippen LogP contribution in [0.25, 0.3) is 0 Å². The average Bonchev–Trinajstić information content (AvgIpc) is 4.11. The van der Waals surface area contributed by atoms with E-state index in [1.807, 2.05) is 55.4 Å². The van der Waals surface area contributed by atoms with Gasteiger partial charge >= 0.3 is 59.7 Å². The molecule has 0 radical (unpaired) electrons. The lowest BCUT2D eigenvalue weighted by molar-refractivity contribution is -0.178. The van der Waals surface area contributed by atoms with Crippen LogP contribution in [0.4, 0.5) is 0 Å². The van der Waals surface area contributed by atoms with Gasteiger partial charge in [0.15, 0.2) is 0 Å². The van der Waals surface area contributed by atoms with Crippen molar-refractivity contribution in [3.8, 4) is 0 Å². The summed E-state index contributed by atoms with van der Waals surface area (Å²) in [5.74, 6) is -4.20. The molecule has 0 aromatic rings. The maximum absolute atomic E-state index is 11.6. The Hall–Kier alpha value is -5.34. The van der Waals surface area contributed by atoms with Crippen molar-refractivity contribution in [1.82, 2.24) is 0 Å². The minimum absolute atomic E-state index is 0.101. The number of esters is 10. The molecule has 71 heavy (non-hydrogen) atoms. The Morgan fingerprint density at radius 3 is 1.51 bits per heavy atom. The molecule has 5 aliphatic rings. The lowest BCUT2D eigenvalue weighted by Gasteiger charge is -2.32. The van der Waals surface area contributed by atoms with Gasteiger partial charge in [-0.3, -0.25) is 33.6 Å². The molecule has 0 N–H and O–H groups in total. The molecule has 11 unspecified atom stereocenters. The van der Waals surface area contributed by atoms with Gasteiger partial charge in [0.1, 0.15) is 37.6 Å². The van der Waals surface area contributed by atoms with Gasteiger partial charge in [-0.2, -0.15) is 0 Å². The Morgan fingerprint density at radius 2 is 1.07 bits per heavy atom. The highest BCUT2D eigenvalue weighted by Gasteiger charge is 2.47. The quantitative estimate of drug-likeness (QED) is 0.136. The second-order valence-electron chi connectivity index (χ2n) is 19.1. The highest BCUT2D eigenvalue weighted by atomic mass is 16.6. The molecule has 5 aliphatic heterocycles. The van der Waals surface area contributed by atoms with Crippen LogP contribution < -0.4 is 0 Å². The second kappa shape index (κ2) is 31.2. The Bertz CT molecular complexity index is 1790. The van der Waals surface area contributed by atoms with Crippen molar-refractivity contribution >= 4 is 59.7 Å². The molecule has 0 saturated carbocycles. The van der Waals surface area contributed by atoms with Gasteiger partial charge in [-0.25, -0.2) is 14.4 Å². The Kier molecular flexibility index (Phi) is 28.0. The van der Waals surface area contributed by atoms with Gasteiger partial charge in [-0.1, -0.05) is 83.1 Å². The molecule has 21 nitrogen and oxygen atoms in total. The topological polar surface area (TPSA) is 272 Å². The lowest BCUT2D eigenvalue weighted by Crippen LogP contribution is -2.41. The van der Waals surface area contributed by atoms with E-state index >= 15 is 0 Å². The van der Waals surface area contributed by atoms with Crippen molar-refractivity contribution in [2.24, 2.45) is 35.0 Å². The molecule has 11 atom stereocenters. The summed E-state index contributed by atoms with van der Waals surface area (Å²) in [7, 11) is 1.46. The van der Waals surface area contributed by atoms with Crippen LogP contribution in [0.3, 0.4) is 0 Å². The number of hydrogen-bond acceptors (Lipinski definition) is 21. The highest BCUT2D eigenvalue weighted by molar-refractivity contribution is 5.83. The fraction of sp³-hybridized carbons (Fsp3) is 0.800. The van der Waals surface area contributed by atoms with Crippen LogP contribution in [-0.4, -0.2) is 136 Å². The van der Waals surface area contributed by atoms with Gasteiger partial charge in [-0.15, -0.1) is 0 Å². The number of rotatable bonds is 16. The van der Waals surface area contributed by atoms with Crippen LogP contribution in [0.1, 0.15) is 148 Å². The van der Waals surface area contributed by atoms with Crippen LogP contribution in [0.5, 0.6) is 0 Å². The van der Waals surface area contributed by atoms with E-state index in [4.69, 9.17) is 42.6 Å². The molecule has 0 aromatic carbocycles. The molecule has 0 aromatic heterocycles. The van der Waals surface area contributed by atoms with Crippen molar-refractivity contribution in [3.63, 3.8) is 0 Å². The van der Waals surface area contributed by atoms with Crippen LogP contribution in [0.2, 0.25) is 0 Å². The van der Waals surface area contributed by atoms with Crippen molar-refractivity contribution in [2.75, 3.05) is 40.1 Å². The summed E-state index contributed by atoms with van der Waals surface area (Å²) in [6, 6.07) is 0. The summed E-state index contributed by atoms with van der Waals surface area (Å²) in [5.41, 5.74) is -1.09. The van der Waals surface area contributed by atoms with Crippen LogP contribution in [-0.2, 0) is 100 Å². The third-order valence-electron chi connectivity index (χ3n) is 12.3. The first-order valence-corrected chi connectivity index (χ1v) is 24.6. The number of carbonyl (C=O) groups excluding carboxylic acids is 10. The standard InChI is InChI=1S/2C11H18O4.C10H16O5.2C9H14O4/c1-5-7(2)9(12)15-8-10(13)14-6-11(8,3)4;1-4-8(2)10(13)15-11(3)5-6-14-9(12)7-11;1-4-6(2)9(11)15-8-7(13-3)5-14-10(8)12;1-3-6(2)9(11)13-7-4-8(10)12-5-7;1-3-6(2)8(10)13-7-4-5-12-9(7)11/h7-8H,5-6H2,1-4H3;8H,4-7H2,1-3H3;6-8H,4-5H2,1-3H3;2*6-7H,3-5H2,1-2H3. The minimum atomic E-state index is -0.906. The van der Waals surface area contributed by atoms with E-state index in [1.54, 1.807) is 34.6 Å². The zero-order chi connectivity index (χ0) is 54.2. The summed E-state index contributed by atoms with van der Waals surface area (Å²) >= 11 is 0. The molecule has 0 amide bonds. The van der Waals surface area contributed by atoms with E-state index in [0.717, 1.165) is 19.3 Å². The highest BCUT2D eigenvalue weighted by Crippen LogP contribution is 2.32. The van der Waals surface area contributed by atoms with Crippen LogP contribution >= 0.6 is 0 Å². The summed E-state index contributed by atoms with van der Waals surface area (Å²) < 4.78 is 54.3. The zero-order valence-electron chi connectivity index (χ0n) is 44.2. The van der Waals surface area contributed by atoms with Crippen LogP contribution in [0, 0.1) is 35.0 Å². The molecular formula is C50H80O21. The van der Waals surface area contributed by atoms with Crippen molar-refractivity contribution < 1.29 is 100 Å². The SMILES string of the molecule is CCC(C)C(=O)OC1(C)CCOC(=O)C1.CCC(C)C(=O)OC1C(=O)OCC1(C)C.CCC(C)C(=O)OC1C(=O)OCC1OC.CCC(C)C(=O)OC1CCOC1=O.CCC(C)C(=O)OC1COC(=O)C1. The first-order chi connectivity index (χ1) is 33.2. The van der Waals surface area contributed by atoms with E-state index in [0.29, 0.717) is 45.5 Å². The predicted octanol–water partition coefficient (Wildman–Crippen LogP) is 5.50. The number of ether oxygens (including phenoxy) is 11. The summed E-state index contributed by atoms with van der Waals surface area (Å²) in [4.78, 5) is 112. The maximum Gasteiger partial charge on any atom is 0.350 e.